The summed E-state index contributed by atoms with van der Waals surface area (Å²) in [4.78, 5) is 9.54. The van der Waals surface area contributed by atoms with Gasteiger partial charge in [0.25, 0.3) is 0 Å². The third-order valence-electron chi connectivity index (χ3n) is 4.69. The number of nitrogens with zero attached hydrogens (tertiary/aromatic N) is 2. The van der Waals surface area contributed by atoms with Crippen molar-refractivity contribution in [2.24, 2.45) is 0 Å². The van der Waals surface area contributed by atoms with Gasteiger partial charge in [-0.15, -0.1) is 0 Å². The van der Waals surface area contributed by atoms with Gasteiger partial charge in [0.05, 0.1) is 12.6 Å². The molecule has 0 aliphatic rings. The van der Waals surface area contributed by atoms with Crippen molar-refractivity contribution in [3.8, 4) is 16.9 Å². The Balaban J connectivity index is 2.23. The predicted molar refractivity (Wildman–Crippen MR) is 119 cm³/mol. The predicted octanol–water partition coefficient (Wildman–Crippen LogP) is 5.80. The molecule has 1 heterocycles. The Morgan fingerprint density at radius 1 is 1.18 bits per heavy atom. The van der Waals surface area contributed by atoms with Crippen LogP contribution in [0.15, 0.2) is 67.3 Å². The minimum Gasteiger partial charge on any atom is -0.497 e. The van der Waals surface area contributed by atoms with E-state index < -0.39 is 0 Å². The first-order chi connectivity index (χ1) is 13.6. The molecule has 142 valence electrons. The summed E-state index contributed by atoms with van der Waals surface area (Å²) >= 11 is 0. The van der Waals surface area contributed by atoms with Crippen LogP contribution in [0.5, 0.6) is 5.75 Å². The highest BCUT2D eigenvalue weighted by Gasteiger charge is 2.14. The summed E-state index contributed by atoms with van der Waals surface area (Å²) in [7, 11) is 3.56. The monoisotopic (exact) mass is 371 g/mol. The lowest BCUT2D eigenvalue weighted by Crippen LogP contribution is -2.02. The molecule has 0 atom stereocenters. The van der Waals surface area contributed by atoms with E-state index in [0.717, 1.165) is 44.7 Å². The number of aromatic nitrogens is 2. The van der Waals surface area contributed by atoms with Gasteiger partial charge >= 0.3 is 0 Å². The van der Waals surface area contributed by atoms with Crippen LogP contribution in [0.2, 0.25) is 0 Å². The van der Waals surface area contributed by atoms with Crippen molar-refractivity contribution in [2.75, 3.05) is 19.5 Å². The number of anilines is 1. The number of hydrogen-bond acceptors (Lipinski definition) is 4. The highest BCUT2D eigenvalue weighted by atomic mass is 16.5. The molecule has 1 aromatic heterocycles. The average molecular weight is 371 g/mol. The molecular weight excluding hydrogens is 346 g/mol. The van der Waals surface area contributed by atoms with Gasteiger partial charge in [-0.3, -0.25) is 0 Å². The van der Waals surface area contributed by atoms with E-state index in [4.69, 9.17) is 14.7 Å². The van der Waals surface area contributed by atoms with E-state index in [0.29, 0.717) is 5.82 Å². The Hall–Kier alpha value is -3.40. The van der Waals surface area contributed by atoms with Crippen LogP contribution in [0.1, 0.15) is 18.3 Å². The molecule has 0 fully saturated rings. The fraction of sp³-hybridized carbons (Fsp3) is 0.167. The number of hydrogen-bond donors (Lipinski definition) is 1. The van der Waals surface area contributed by atoms with Crippen LogP contribution in [0.25, 0.3) is 27.6 Å². The lowest BCUT2D eigenvalue weighted by molar-refractivity contribution is 0.415. The lowest BCUT2D eigenvalue weighted by Gasteiger charge is -2.14. The highest BCUT2D eigenvalue weighted by Crippen LogP contribution is 2.34. The maximum absolute atomic E-state index is 5.38. The van der Waals surface area contributed by atoms with Gasteiger partial charge < -0.3 is 10.1 Å². The minimum atomic E-state index is 0.651. The number of rotatable bonds is 6. The molecule has 0 unspecified atom stereocenters. The van der Waals surface area contributed by atoms with E-state index in [1.807, 2.05) is 56.5 Å². The number of aryl methyl sites for hydroxylation is 1. The van der Waals surface area contributed by atoms with E-state index in [9.17, 15) is 0 Å². The van der Waals surface area contributed by atoms with Crippen molar-refractivity contribution in [1.82, 2.24) is 9.97 Å². The van der Waals surface area contributed by atoms with Crippen LogP contribution in [0.4, 0.5) is 5.82 Å². The molecule has 3 rings (SSSR count). The molecule has 0 radical (unpaired) electrons. The Morgan fingerprint density at radius 2 is 2.00 bits per heavy atom. The molecule has 3 aromatic rings. The second-order valence-corrected chi connectivity index (χ2v) is 6.36. The molecule has 0 aliphatic heterocycles. The van der Waals surface area contributed by atoms with Crippen LogP contribution in [-0.4, -0.2) is 24.1 Å². The van der Waals surface area contributed by atoms with Gasteiger partial charge in [-0.05, 0) is 48.7 Å². The van der Waals surface area contributed by atoms with Crippen molar-refractivity contribution < 1.29 is 4.74 Å². The first kappa shape index (κ1) is 19.4. The number of methoxy groups -OCH3 is 1. The Kier molecular flexibility index (Phi) is 5.90. The number of nitrogens with one attached hydrogen (secondary N) is 1. The van der Waals surface area contributed by atoms with Gasteiger partial charge in [-0.1, -0.05) is 49.1 Å². The van der Waals surface area contributed by atoms with Crippen molar-refractivity contribution in [1.29, 1.82) is 0 Å². The summed E-state index contributed by atoms with van der Waals surface area (Å²) < 4.78 is 5.38. The second-order valence-electron chi connectivity index (χ2n) is 6.36. The van der Waals surface area contributed by atoms with E-state index in [1.165, 1.54) is 0 Å². The van der Waals surface area contributed by atoms with Crippen LogP contribution in [-0.2, 0) is 0 Å². The smallest absolute Gasteiger partial charge is 0.162 e. The number of allylic oxidation sites excluding steroid dienone is 5. The van der Waals surface area contributed by atoms with Crippen LogP contribution in [0, 0.1) is 6.92 Å². The Labute approximate surface area is 166 Å². The molecular formula is C24H25N3O. The van der Waals surface area contributed by atoms with E-state index in [-0.39, 0.29) is 0 Å². The molecule has 4 heteroatoms. The zero-order valence-electron chi connectivity index (χ0n) is 16.8. The van der Waals surface area contributed by atoms with Gasteiger partial charge in [0.2, 0.25) is 0 Å². The van der Waals surface area contributed by atoms with Gasteiger partial charge in [-0.2, -0.15) is 0 Å². The van der Waals surface area contributed by atoms with Gasteiger partial charge in [0, 0.05) is 18.0 Å². The largest absolute Gasteiger partial charge is 0.497 e. The van der Waals surface area contributed by atoms with Crippen LogP contribution < -0.4 is 10.1 Å². The first-order valence-electron chi connectivity index (χ1n) is 9.22. The summed E-state index contributed by atoms with van der Waals surface area (Å²) in [5.74, 6) is 2.29. The Morgan fingerprint density at radius 3 is 2.68 bits per heavy atom. The average Bonchev–Trinajstić information content (AvgIpc) is 2.74. The van der Waals surface area contributed by atoms with Crippen LogP contribution in [0.3, 0.4) is 0 Å². The van der Waals surface area contributed by atoms with Gasteiger partial charge in [0.15, 0.2) is 5.82 Å². The maximum atomic E-state index is 5.38. The summed E-state index contributed by atoms with van der Waals surface area (Å²) in [6.45, 7) is 7.97. The fourth-order valence-electron chi connectivity index (χ4n) is 3.24. The highest BCUT2D eigenvalue weighted by molar-refractivity contribution is 5.97. The first-order valence-corrected chi connectivity index (χ1v) is 9.22. The van der Waals surface area contributed by atoms with Gasteiger partial charge in [-0.25, -0.2) is 9.97 Å². The molecule has 2 aromatic carbocycles. The summed E-state index contributed by atoms with van der Waals surface area (Å²) in [5, 5.41) is 4.25. The molecule has 0 bridgehead atoms. The summed E-state index contributed by atoms with van der Waals surface area (Å²) in [6.07, 6.45) is 7.66. The maximum Gasteiger partial charge on any atom is 0.162 e. The molecule has 1 N–H and O–H groups in total. The molecule has 0 spiro atoms. The van der Waals surface area contributed by atoms with E-state index in [2.05, 4.69) is 31.0 Å². The van der Waals surface area contributed by atoms with Crippen molar-refractivity contribution in [3.05, 3.63) is 78.7 Å². The van der Waals surface area contributed by atoms with Crippen LogP contribution >= 0.6 is 0 Å². The molecule has 4 nitrogen and oxygen atoms in total. The molecule has 0 saturated carbocycles. The topological polar surface area (TPSA) is 47.0 Å². The number of fused-ring (bicyclic) bond motifs is 1. The zero-order chi connectivity index (χ0) is 20.1. The fourth-order valence-corrected chi connectivity index (χ4v) is 3.24. The quantitative estimate of drug-likeness (QED) is 0.556. The second kappa shape index (κ2) is 8.53. The Bertz CT molecular complexity index is 1080. The zero-order valence-corrected chi connectivity index (χ0v) is 16.8. The molecule has 0 amide bonds. The minimum absolute atomic E-state index is 0.651. The molecule has 28 heavy (non-hydrogen) atoms. The lowest BCUT2D eigenvalue weighted by atomic mass is 9.96. The van der Waals surface area contributed by atoms with E-state index in [1.54, 1.807) is 13.2 Å². The van der Waals surface area contributed by atoms with E-state index >= 15 is 0 Å². The van der Waals surface area contributed by atoms with Crippen molar-refractivity contribution in [3.63, 3.8) is 0 Å². The van der Waals surface area contributed by atoms with Crippen molar-refractivity contribution in [2.45, 2.75) is 13.8 Å². The summed E-state index contributed by atoms with van der Waals surface area (Å²) in [6, 6.07) is 12.2. The normalized spacial score (nSPS) is 11.8. The number of ether oxygens (including phenoxy) is 1. The SMILES string of the molecule is C=C/C(=C\C=C/C)c1nc(NC)c2c(C)c(-c3cccc(OC)c3)ccc2n1. The van der Waals surface area contributed by atoms with Crippen molar-refractivity contribution >= 4 is 22.3 Å². The standard InChI is InChI=1S/C24H25N3O/c1-6-8-10-17(7-2)23-26-21-14-13-20(16(3)22(21)24(25-4)27-23)18-11-9-12-19(15-18)28-5/h6-15H,2H2,1,3-5H3,(H,25,26,27)/b8-6-,17-10+. The third kappa shape index (κ3) is 3.67. The van der Waals surface area contributed by atoms with Gasteiger partial charge in [0.1, 0.15) is 11.6 Å². The number of benzene rings is 2. The molecule has 0 aliphatic carbocycles. The third-order valence-corrected chi connectivity index (χ3v) is 4.69. The summed E-state index contributed by atoms with van der Waals surface area (Å²) in [5.41, 5.74) is 5.13. The molecule has 0 saturated heterocycles.